The van der Waals surface area contributed by atoms with Gasteiger partial charge in [-0.05, 0) is 30.7 Å². The third-order valence-electron chi connectivity index (χ3n) is 3.93. The van der Waals surface area contributed by atoms with Crippen molar-refractivity contribution in [3.05, 3.63) is 12.7 Å². The molecule has 1 aliphatic rings. The van der Waals surface area contributed by atoms with Gasteiger partial charge in [0.25, 0.3) is 0 Å². The van der Waals surface area contributed by atoms with Crippen molar-refractivity contribution in [2.24, 2.45) is 11.3 Å². The predicted molar refractivity (Wildman–Crippen MR) is 72.7 cm³/mol. The first-order valence-electron chi connectivity index (χ1n) is 7.04. The first-order chi connectivity index (χ1) is 7.70. The Morgan fingerprint density at radius 2 is 2.00 bits per heavy atom. The minimum atomic E-state index is 0.303. The van der Waals surface area contributed by atoms with Gasteiger partial charge in [-0.2, -0.15) is 0 Å². The second kappa shape index (κ2) is 7.11. The van der Waals surface area contributed by atoms with Gasteiger partial charge in [0.15, 0.2) is 0 Å². The molecule has 1 heteroatoms. The summed E-state index contributed by atoms with van der Waals surface area (Å²) < 4.78 is 0. The fourth-order valence-corrected chi connectivity index (χ4v) is 2.83. The van der Waals surface area contributed by atoms with Crippen LogP contribution in [-0.4, -0.2) is 13.1 Å². The third-order valence-corrected chi connectivity index (χ3v) is 3.93. The van der Waals surface area contributed by atoms with Gasteiger partial charge in [-0.25, -0.2) is 0 Å². The van der Waals surface area contributed by atoms with Crippen LogP contribution in [0.25, 0.3) is 0 Å². The highest BCUT2D eigenvalue weighted by Gasteiger charge is 2.25. The van der Waals surface area contributed by atoms with Crippen molar-refractivity contribution in [1.82, 2.24) is 5.32 Å². The molecular weight excluding hydrogens is 194 g/mol. The largest absolute Gasteiger partial charge is 0.316 e. The highest BCUT2D eigenvalue weighted by Crippen LogP contribution is 2.35. The molecule has 0 amide bonds. The van der Waals surface area contributed by atoms with E-state index in [1.165, 1.54) is 44.9 Å². The van der Waals surface area contributed by atoms with Crippen LogP contribution in [0.2, 0.25) is 0 Å². The predicted octanol–water partition coefficient (Wildman–Crippen LogP) is 4.15. The molecule has 0 bridgehead atoms. The summed E-state index contributed by atoms with van der Waals surface area (Å²) in [5, 5.41) is 3.54. The van der Waals surface area contributed by atoms with Crippen LogP contribution in [0.4, 0.5) is 0 Å². The van der Waals surface area contributed by atoms with E-state index < -0.39 is 0 Å². The van der Waals surface area contributed by atoms with Gasteiger partial charge in [0, 0.05) is 6.54 Å². The molecule has 0 aliphatic heterocycles. The summed E-state index contributed by atoms with van der Waals surface area (Å²) in [6.45, 7) is 10.8. The van der Waals surface area contributed by atoms with Crippen LogP contribution in [0.3, 0.4) is 0 Å². The van der Waals surface area contributed by atoms with Gasteiger partial charge >= 0.3 is 0 Å². The Labute approximate surface area is 102 Å². The molecule has 0 heterocycles. The molecule has 1 saturated carbocycles. The molecule has 1 unspecified atom stereocenters. The van der Waals surface area contributed by atoms with Gasteiger partial charge in [0.2, 0.25) is 0 Å². The van der Waals surface area contributed by atoms with E-state index >= 15 is 0 Å². The summed E-state index contributed by atoms with van der Waals surface area (Å²) in [7, 11) is 0. The SMILES string of the molecule is C=CC(C)(CNCCC)CC1CCCCC1. The van der Waals surface area contributed by atoms with Gasteiger partial charge in [-0.15, -0.1) is 6.58 Å². The summed E-state index contributed by atoms with van der Waals surface area (Å²) in [4.78, 5) is 0. The Kier molecular flexibility index (Phi) is 6.12. The van der Waals surface area contributed by atoms with Crippen molar-refractivity contribution >= 4 is 0 Å². The molecule has 0 radical (unpaired) electrons. The van der Waals surface area contributed by atoms with Crippen molar-refractivity contribution in [2.75, 3.05) is 13.1 Å². The van der Waals surface area contributed by atoms with Crippen LogP contribution in [-0.2, 0) is 0 Å². The molecule has 0 aromatic heterocycles. The van der Waals surface area contributed by atoms with Crippen molar-refractivity contribution in [3.8, 4) is 0 Å². The van der Waals surface area contributed by atoms with Crippen molar-refractivity contribution in [3.63, 3.8) is 0 Å². The zero-order valence-electron chi connectivity index (χ0n) is 11.2. The van der Waals surface area contributed by atoms with Crippen LogP contribution in [0.1, 0.15) is 58.8 Å². The van der Waals surface area contributed by atoms with E-state index in [1.54, 1.807) is 0 Å². The van der Waals surface area contributed by atoms with Gasteiger partial charge in [-0.1, -0.05) is 52.0 Å². The molecule has 1 fully saturated rings. The highest BCUT2D eigenvalue weighted by atomic mass is 14.9. The second-order valence-electron chi connectivity index (χ2n) is 5.74. The molecule has 1 nitrogen and oxygen atoms in total. The normalized spacial score (nSPS) is 21.6. The molecular formula is C15H29N. The van der Waals surface area contributed by atoms with Crippen LogP contribution < -0.4 is 5.32 Å². The van der Waals surface area contributed by atoms with Crippen LogP contribution in [0.15, 0.2) is 12.7 Å². The first kappa shape index (κ1) is 13.8. The molecule has 94 valence electrons. The van der Waals surface area contributed by atoms with Gasteiger partial charge < -0.3 is 5.32 Å². The molecule has 1 aliphatic carbocycles. The number of rotatable bonds is 7. The maximum Gasteiger partial charge on any atom is 0.00399 e. The third kappa shape index (κ3) is 4.69. The lowest BCUT2D eigenvalue weighted by molar-refractivity contribution is 0.242. The topological polar surface area (TPSA) is 12.0 Å². The zero-order chi connectivity index (χ0) is 11.9. The van der Waals surface area contributed by atoms with Gasteiger partial charge in [0.1, 0.15) is 0 Å². The number of nitrogens with one attached hydrogen (secondary N) is 1. The van der Waals surface area contributed by atoms with Crippen LogP contribution in [0.5, 0.6) is 0 Å². The maximum atomic E-state index is 4.04. The van der Waals surface area contributed by atoms with E-state index in [0.717, 1.165) is 19.0 Å². The Balaban J connectivity index is 2.35. The lowest BCUT2D eigenvalue weighted by Gasteiger charge is -2.32. The summed E-state index contributed by atoms with van der Waals surface area (Å²) in [5.41, 5.74) is 0.303. The van der Waals surface area contributed by atoms with E-state index in [0.29, 0.717) is 5.41 Å². The second-order valence-corrected chi connectivity index (χ2v) is 5.74. The van der Waals surface area contributed by atoms with E-state index in [4.69, 9.17) is 0 Å². The highest BCUT2D eigenvalue weighted by molar-refractivity contribution is 4.94. The summed E-state index contributed by atoms with van der Waals surface area (Å²) in [6.07, 6.45) is 11.9. The van der Waals surface area contributed by atoms with Crippen LogP contribution in [0, 0.1) is 11.3 Å². The van der Waals surface area contributed by atoms with Crippen molar-refractivity contribution < 1.29 is 0 Å². The Bertz CT molecular complexity index is 194. The first-order valence-corrected chi connectivity index (χ1v) is 7.04. The summed E-state index contributed by atoms with van der Waals surface area (Å²) >= 11 is 0. The van der Waals surface area contributed by atoms with Gasteiger partial charge in [-0.3, -0.25) is 0 Å². The summed E-state index contributed by atoms with van der Waals surface area (Å²) in [5.74, 6) is 0.945. The fourth-order valence-electron chi connectivity index (χ4n) is 2.83. The molecule has 16 heavy (non-hydrogen) atoms. The minimum Gasteiger partial charge on any atom is -0.316 e. The Morgan fingerprint density at radius 1 is 1.31 bits per heavy atom. The molecule has 0 aromatic carbocycles. The Hall–Kier alpha value is -0.300. The molecule has 1 atom stereocenters. The standard InChI is InChI=1S/C15H29N/c1-4-11-16-13-15(3,5-2)12-14-9-7-6-8-10-14/h5,14,16H,2,4,6-13H2,1,3H3. The quantitative estimate of drug-likeness (QED) is 0.505. The number of hydrogen-bond acceptors (Lipinski definition) is 1. The average molecular weight is 223 g/mol. The maximum absolute atomic E-state index is 4.04. The van der Waals surface area contributed by atoms with Crippen LogP contribution >= 0.6 is 0 Å². The summed E-state index contributed by atoms with van der Waals surface area (Å²) in [6, 6.07) is 0. The van der Waals surface area contributed by atoms with E-state index in [2.05, 4.69) is 31.8 Å². The van der Waals surface area contributed by atoms with Crippen molar-refractivity contribution in [2.45, 2.75) is 58.8 Å². The minimum absolute atomic E-state index is 0.303. The molecule has 1 N–H and O–H groups in total. The van der Waals surface area contributed by atoms with E-state index in [-0.39, 0.29) is 0 Å². The monoisotopic (exact) mass is 223 g/mol. The Morgan fingerprint density at radius 3 is 2.56 bits per heavy atom. The van der Waals surface area contributed by atoms with Gasteiger partial charge in [0.05, 0.1) is 0 Å². The average Bonchev–Trinajstić information content (AvgIpc) is 2.31. The lowest BCUT2D eigenvalue weighted by Crippen LogP contribution is -2.33. The molecule has 0 saturated heterocycles. The smallest absolute Gasteiger partial charge is 0.00399 e. The van der Waals surface area contributed by atoms with Crippen molar-refractivity contribution in [1.29, 1.82) is 0 Å². The zero-order valence-corrected chi connectivity index (χ0v) is 11.2. The van der Waals surface area contributed by atoms with E-state index in [9.17, 15) is 0 Å². The van der Waals surface area contributed by atoms with E-state index in [1.807, 2.05) is 0 Å². The lowest BCUT2D eigenvalue weighted by atomic mass is 9.75. The number of hydrogen-bond donors (Lipinski definition) is 1. The molecule has 1 rings (SSSR count). The molecule has 0 aromatic rings. The molecule has 0 spiro atoms. The fraction of sp³-hybridized carbons (Fsp3) is 0.867.